The Bertz CT molecular complexity index is 984. The maximum absolute atomic E-state index is 12.5. The molecule has 0 atom stereocenters. The highest BCUT2D eigenvalue weighted by Crippen LogP contribution is 2.23. The van der Waals surface area contributed by atoms with Crippen molar-refractivity contribution < 1.29 is 9.53 Å². The molecule has 31 heavy (non-hydrogen) atoms. The van der Waals surface area contributed by atoms with Crippen LogP contribution in [0.4, 0.5) is 5.69 Å². The van der Waals surface area contributed by atoms with Gasteiger partial charge in [-0.05, 0) is 61.0 Å². The maximum atomic E-state index is 12.5. The molecule has 160 valence electrons. The standard InChI is InChI=1S/C25H28N4O2/c1-20-5-4-7-24(17-20)31-23-10-8-21(9-11-23)27-25(30)19-29-15-13-28(14-16-29)18-22-6-2-3-12-26-22/h2-12,17H,13-16,18-19H2,1H3,(H,27,30). The van der Waals surface area contributed by atoms with E-state index in [0.29, 0.717) is 6.54 Å². The van der Waals surface area contributed by atoms with E-state index in [2.05, 4.69) is 26.2 Å². The average molecular weight is 417 g/mol. The van der Waals surface area contributed by atoms with Crippen LogP contribution in [0.3, 0.4) is 0 Å². The van der Waals surface area contributed by atoms with Crippen LogP contribution in [0.15, 0.2) is 72.9 Å². The molecule has 0 saturated carbocycles. The van der Waals surface area contributed by atoms with Gasteiger partial charge in [0.25, 0.3) is 0 Å². The zero-order valence-electron chi connectivity index (χ0n) is 17.8. The van der Waals surface area contributed by atoms with Gasteiger partial charge >= 0.3 is 0 Å². The lowest BCUT2D eigenvalue weighted by Gasteiger charge is -2.34. The molecule has 0 aliphatic carbocycles. The van der Waals surface area contributed by atoms with Crippen molar-refractivity contribution in [1.82, 2.24) is 14.8 Å². The van der Waals surface area contributed by atoms with Crippen LogP contribution in [-0.4, -0.2) is 53.4 Å². The number of carbonyl (C=O) groups is 1. The van der Waals surface area contributed by atoms with Crippen molar-refractivity contribution in [1.29, 1.82) is 0 Å². The van der Waals surface area contributed by atoms with Gasteiger partial charge in [-0.3, -0.25) is 19.6 Å². The number of hydrogen-bond acceptors (Lipinski definition) is 5. The Labute approximate surface area is 183 Å². The van der Waals surface area contributed by atoms with Gasteiger partial charge in [0.05, 0.1) is 12.2 Å². The summed E-state index contributed by atoms with van der Waals surface area (Å²) in [6.45, 7) is 6.93. The van der Waals surface area contributed by atoms with Crippen LogP contribution in [0.1, 0.15) is 11.3 Å². The first-order valence-electron chi connectivity index (χ1n) is 10.6. The van der Waals surface area contributed by atoms with E-state index in [0.717, 1.165) is 61.2 Å². The summed E-state index contributed by atoms with van der Waals surface area (Å²) >= 11 is 0. The van der Waals surface area contributed by atoms with E-state index < -0.39 is 0 Å². The first-order chi connectivity index (χ1) is 15.1. The number of benzene rings is 2. The van der Waals surface area contributed by atoms with E-state index in [1.54, 1.807) is 0 Å². The number of anilines is 1. The quantitative estimate of drug-likeness (QED) is 0.632. The molecule has 0 radical (unpaired) electrons. The number of ether oxygens (including phenoxy) is 1. The lowest BCUT2D eigenvalue weighted by Crippen LogP contribution is -2.48. The van der Waals surface area contributed by atoms with Crippen LogP contribution in [0.2, 0.25) is 0 Å². The van der Waals surface area contributed by atoms with Crippen LogP contribution < -0.4 is 10.1 Å². The Morgan fingerprint density at radius 3 is 2.42 bits per heavy atom. The summed E-state index contributed by atoms with van der Waals surface area (Å²) < 4.78 is 5.86. The van der Waals surface area contributed by atoms with E-state index in [4.69, 9.17) is 4.74 Å². The number of rotatable bonds is 7. The normalized spacial score (nSPS) is 14.9. The summed E-state index contributed by atoms with van der Waals surface area (Å²) in [6, 6.07) is 21.4. The molecule has 0 bridgehead atoms. The largest absolute Gasteiger partial charge is 0.457 e. The van der Waals surface area contributed by atoms with Crippen molar-refractivity contribution >= 4 is 11.6 Å². The monoisotopic (exact) mass is 416 g/mol. The van der Waals surface area contributed by atoms with Crippen LogP contribution in [0.25, 0.3) is 0 Å². The van der Waals surface area contributed by atoms with Crippen molar-refractivity contribution in [2.45, 2.75) is 13.5 Å². The molecule has 4 rings (SSSR count). The van der Waals surface area contributed by atoms with Crippen molar-refractivity contribution in [2.24, 2.45) is 0 Å². The lowest BCUT2D eigenvalue weighted by molar-refractivity contribution is -0.117. The van der Waals surface area contributed by atoms with Crippen LogP contribution in [-0.2, 0) is 11.3 Å². The first-order valence-corrected chi connectivity index (χ1v) is 10.6. The van der Waals surface area contributed by atoms with E-state index in [1.165, 1.54) is 0 Å². The Kier molecular flexibility index (Phi) is 6.92. The maximum Gasteiger partial charge on any atom is 0.238 e. The van der Waals surface area contributed by atoms with Crippen molar-refractivity contribution in [2.75, 3.05) is 38.0 Å². The molecule has 1 aliphatic rings. The second-order valence-electron chi connectivity index (χ2n) is 7.86. The minimum absolute atomic E-state index is 0.00512. The number of aromatic nitrogens is 1. The Morgan fingerprint density at radius 2 is 1.71 bits per heavy atom. The third-order valence-electron chi connectivity index (χ3n) is 5.31. The fraction of sp³-hybridized carbons (Fsp3) is 0.280. The van der Waals surface area contributed by atoms with E-state index >= 15 is 0 Å². The molecule has 6 heteroatoms. The molecule has 1 aliphatic heterocycles. The van der Waals surface area contributed by atoms with Crippen LogP contribution in [0, 0.1) is 6.92 Å². The molecular formula is C25H28N4O2. The average Bonchev–Trinajstić information content (AvgIpc) is 2.77. The zero-order valence-corrected chi connectivity index (χ0v) is 17.8. The van der Waals surface area contributed by atoms with Gasteiger partial charge in [-0.1, -0.05) is 18.2 Å². The Balaban J connectivity index is 1.21. The van der Waals surface area contributed by atoms with Gasteiger partial charge in [0.2, 0.25) is 5.91 Å². The SMILES string of the molecule is Cc1cccc(Oc2ccc(NC(=O)CN3CCN(Cc4ccccn4)CC3)cc2)c1. The molecule has 1 amide bonds. The van der Waals surface area contributed by atoms with Crippen LogP contribution >= 0.6 is 0 Å². The van der Waals surface area contributed by atoms with Gasteiger partial charge in [-0.2, -0.15) is 0 Å². The number of nitrogens with one attached hydrogen (secondary N) is 1. The molecule has 0 spiro atoms. The van der Waals surface area contributed by atoms with Crippen LogP contribution in [0.5, 0.6) is 11.5 Å². The highest BCUT2D eigenvalue weighted by Gasteiger charge is 2.19. The number of aryl methyl sites for hydroxylation is 1. The fourth-order valence-corrected chi connectivity index (χ4v) is 3.65. The molecule has 3 aromatic rings. The molecule has 1 N–H and O–H groups in total. The summed E-state index contributed by atoms with van der Waals surface area (Å²) in [5.41, 5.74) is 3.01. The van der Waals surface area contributed by atoms with E-state index in [-0.39, 0.29) is 5.91 Å². The molecule has 1 fully saturated rings. The van der Waals surface area contributed by atoms with Gasteiger partial charge in [0.1, 0.15) is 11.5 Å². The van der Waals surface area contributed by atoms with Crippen molar-refractivity contribution in [3.8, 4) is 11.5 Å². The Morgan fingerprint density at radius 1 is 0.935 bits per heavy atom. The number of carbonyl (C=O) groups excluding carboxylic acids is 1. The smallest absolute Gasteiger partial charge is 0.238 e. The summed E-state index contributed by atoms with van der Waals surface area (Å²) in [7, 11) is 0. The minimum Gasteiger partial charge on any atom is -0.457 e. The molecule has 6 nitrogen and oxygen atoms in total. The molecule has 1 saturated heterocycles. The molecule has 0 unspecified atom stereocenters. The number of nitrogens with zero attached hydrogens (tertiary/aromatic N) is 3. The Hall–Kier alpha value is -3.22. The number of hydrogen-bond donors (Lipinski definition) is 1. The lowest BCUT2D eigenvalue weighted by atomic mass is 10.2. The van der Waals surface area contributed by atoms with Crippen molar-refractivity contribution in [3.05, 3.63) is 84.2 Å². The predicted octanol–water partition coefficient (Wildman–Crippen LogP) is 3.94. The minimum atomic E-state index is 0.00512. The highest BCUT2D eigenvalue weighted by molar-refractivity contribution is 5.92. The number of amides is 1. The second kappa shape index (κ2) is 10.2. The third kappa shape index (κ3) is 6.38. The second-order valence-corrected chi connectivity index (χ2v) is 7.86. The molecule has 1 aromatic heterocycles. The van der Waals surface area contributed by atoms with Gasteiger partial charge < -0.3 is 10.1 Å². The third-order valence-corrected chi connectivity index (χ3v) is 5.31. The van der Waals surface area contributed by atoms with Gasteiger partial charge in [-0.25, -0.2) is 0 Å². The molecular weight excluding hydrogens is 388 g/mol. The summed E-state index contributed by atoms with van der Waals surface area (Å²) in [5.74, 6) is 1.55. The fourth-order valence-electron chi connectivity index (χ4n) is 3.65. The molecule has 2 aromatic carbocycles. The van der Waals surface area contributed by atoms with Gasteiger partial charge in [0, 0.05) is 44.6 Å². The molecule has 2 heterocycles. The summed E-state index contributed by atoms with van der Waals surface area (Å²) in [4.78, 5) is 21.4. The number of piperazine rings is 1. The zero-order chi connectivity index (χ0) is 21.5. The van der Waals surface area contributed by atoms with E-state index in [1.807, 2.05) is 73.8 Å². The van der Waals surface area contributed by atoms with E-state index in [9.17, 15) is 4.79 Å². The van der Waals surface area contributed by atoms with Gasteiger partial charge in [-0.15, -0.1) is 0 Å². The highest BCUT2D eigenvalue weighted by atomic mass is 16.5. The predicted molar refractivity (Wildman–Crippen MR) is 122 cm³/mol. The van der Waals surface area contributed by atoms with Crippen molar-refractivity contribution in [3.63, 3.8) is 0 Å². The summed E-state index contributed by atoms with van der Waals surface area (Å²) in [6.07, 6.45) is 1.83. The summed E-state index contributed by atoms with van der Waals surface area (Å²) in [5, 5.41) is 2.98. The number of pyridine rings is 1. The first kappa shape index (κ1) is 21.0. The van der Waals surface area contributed by atoms with Gasteiger partial charge in [0.15, 0.2) is 0 Å². The topological polar surface area (TPSA) is 57.7 Å².